The lowest BCUT2D eigenvalue weighted by molar-refractivity contribution is -0.384. The van der Waals surface area contributed by atoms with Crippen molar-refractivity contribution in [2.75, 3.05) is 0 Å². The van der Waals surface area contributed by atoms with E-state index in [9.17, 15) is 14.9 Å². The molecule has 1 aromatic rings. The van der Waals surface area contributed by atoms with E-state index in [1.165, 1.54) is 37.1 Å². The Labute approximate surface area is 119 Å². The van der Waals surface area contributed by atoms with Crippen molar-refractivity contribution >= 4 is 11.7 Å². The maximum Gasteiger partial charge on any atom is 0.311 e. The van der Waals surface area contributed by atoms with E-state index >= 15 is 0 Å². The number of carbonyl (C=O) groups is 1. The monoisotopic (exact) mass is 279 g/mol. The second kappa shape index (κ2) is 8.30. The molecule has 0 unspecified atom stereocenters. The van der Waals surface area contributed by atoms with Gasteiger partial charge in [-0.25, -0.2) is 0 Å². The first kappa shape index (κ1) is 16.1. The van der Waals surface area contributed by atoms with Crippen molar-refractivity contribution in [2.45, 2.75) is 46.0 Å². The molecule has 20 heavy (non-hydrogen) atoms. The van der Waals surface area contributed by atoms with Crippen LogP contribution in [-0.2, 0) is 4.79 Å². The third-order valence-electron chi connectivity index (χ3n) is 3.09. The summed E-state index contributed by atoms with van der Waals surface area (Å²) in [6.45, 7) is 4.18. The molecule has 0 aliphatic carbocycles. The van der Waals surface area contributed by atoms with Gasteiger partial charge in [0.15, 0.2) is 0 Å². The third kappa shape index (κ3) is 5.82. The number of carbonyl (C=O) groups excluding carboxylic acids is 1. The predicted molar refractivity (Wildman–Crippen MR) is 76.7 cm³/mol. The molecular formula is C15H21NO4. The van der Waals surface area contributed by atoms with E-state index in [1.807, 2.05) is 6.92 Å². The van der Waals surface area contributed by atoms with Gasteiger partial charge in [-0.05, 0) is 18.1 Å². The number of benzene rings is 1. The lowest BCUT2D eigenvalue weighted by Crippen LogP contribution is -2.12. The zero-order chi connectivity index (χ0) is 15.0. The van der Waals surface area contributed by atoms with Gasteiger partial charge in [-0.1, -0.05) is 39.5 Å². The number of nitro benzene ring substituents is 1. The van der Waals surface area contributed by atoms with E-state index in [4.69, 9.17) is 4.74 Å². The Kier molecular flexibility index (Phi) is 6.70. The molecule has 1 rings (SSSR count). The number of hydrogen-bond acceptors (Lipinski definition) is 4. The Bertz CT molecular complexity index is 442. The molecule has 0 aliphatic heterocycles. The Morgan fingerprint density at radius 3 is 2.50 bits per heavy atom. The fourth-order valence-corrected chi connectivity index (χ4v) is 1.94. The van der Waals surface area contributed by atoms with Crippen LogP contribution >= 0.6 is 0 Å². The highest BCUT2D eigenvalue weighted by Crippen LogP contribution is 2.19. The van der Waals surface area contributed by atoms with Crippen molar-refractivity contribution in [1.29, 1.82) is 0 Å². The minimum absolute atomic E-state index is 0.0160. The van der Waals surface area contributed by atoms with Crippen LogP contribution in [0.2, 0.25) is 0 Å². The van der Waals surface area contributed by atoms with E-state index in [2.05, 4.69) is 6.92 Å². The van der Waals surface area contributed by atoms with Crippen LogP contribution in [0, 0.1) is 16.0 Å². The summed E-state index contributed by atoms with van der Waals surface area (Å²) in [4.78, 5) is 21.7. The fourth-order valence-electron chi connectivity index (χ4n) is 1.94. The molecule has 0 saturated carbocycles. The van der Waals surface area contributed by atoms with E-state index < -0.39 is 4.92 Å². The number of nitro groups is 1. The molecular weight excluding hydrogens is 258 g/mol. The van der Waals surface area contributed by atoms with Gasteiger partial charge in [0.05, 0.1) is 4.92 Å². The lowest BCUT2D eigenvalue weighted by atomic mass is 10.0. The molecule has 0 N–H and O–H groups in total. The van der Waals surface area contributed by atoms with Crippen LogP contribution in [0.1, 0.15) is 46.0 Å². The van der Waals surface area contributed by atoms with Crippen molar-refractivity contribution in [1.82, 2.24) is 0 Å². The number of rotatable bonds is 8. The van der Waals surface area contributed by atoms with Crippen molar-refractivity contribution in [2.24, 2.45) is 5.92 Å². The third-order valence-corrected chi connectivity index (χ3v) is 3.09. The number of ether oxygens (including phenoxy) is 1. The van der Waals surface area contributed by atoms with Gasteiger partial charge >= 0.3 is 5.97 Å². The Morgan fingerprint density at radius 2 is 1.95 bits per heavy atom. The van der Waals surface area contributed by atoms with Gasteiger partial charge in [0.2, 0.25) is 0 Å². The molecule has 0 radical (unpaired) electrons. The van der Waals surface area contributed by atoms with Crippen LogP contribution in [-0.4, -0.2) is 10.9 Å². The van der Waals surface area contributed by atoms with Crippen LogP contribution in [0.15, 0.2) is 24.3 Å². The van der Waals surface area contributed by atoms with Crippen LogP contribution in [0.5, 0.6) is 5.75 Å². The fraction of sp³-hybridized carbons (Fsp3) is 0.533. The molecule has 1 aromatic carbocycles. The standard InChI is InChI=1S/C15H21NO4/c1-3-4-5-6-12(2)11-15(17)20-14-9-7-13(8-10-14)16(18)19/h7-10,12H,3-6,11H2,1-2H3/t12-/m0/s1. The topological polar surface area (TPSA) is 69.4 Å². The summed E-state index contributed by atoms with van der Waals surface area (Å²) in [5.74, 6) is 0.358. The van der Waals surface area contributed by atoms with Crippen LogP contribution in [0.4, 0.5) is 5.69 Å². The maximum absolute atomic E-state index is 11.7. The minimum atomic E-state index is -0.485. The first-order valence-corrected chi connectivity index (χ1v) is 6.98. The van der Waals surface area contributed by atoms with Crippen molar-refractivity contribution < 1.29 is 14.5 Å². The highest BCUT2D eigenvalue weighted by molar-refractivity contribution is 5.72. The zero-order valence-corrected chi connectivity index (χ0v) is 12.0. The molecule has 5 heteroatoms. The Hall–Kier alpha value is -1.91. The largest absolute Gasteiger partial charge is 0.427 e. The molecule has 110 valence electrons. The summed E-state index contributed by atoms with van der Waals surface area (Å²) in [7, 11) is 0. The molecule has 0 bridgehead atoms. The molecule has 0 aliphatic rings. The zero-order valence-electron chi connectivity index (χ0n) is 12.0. The van der Waals surface area contributed by atoms with Crippen molar-refractivity contribution in [3.63, 3.8) is 0 Å². The number of hydrogen-bond donors (Lipinski definition) is 0. The average molecular weight is 279 g/mol. The number of non-ortho nitro benzene ring substituents is 1. The summed E-state index contributed by atoms with van der Waals surface area (Å²) < 4.78 is 5.16. The van der Waals surface area contributed by atoms with E-state index in [1.54, 1.807) is 0 Å². The first-order valence-electron chi connectivity index (χ1n) is 6.98. The number of nitrogens with zero attached hydrogens (tertiary/aromatic N) is 1. The summed E-state index contributed by atoms with van der Waals surface area (Å²) in [5.41, 5.74) is -0.0160. The van der Waals surface area contributed by atoms with Gasteiger partial charge in [0.1, 0.15) is 5.75 Å². The van der Waals surface area contributed by atoms with Gasteiger partial charge in [-0.15, -0.1) is 0 Å². The van der Waals surface area contributed by atoms with E-state index in [0.717, 1.165) is 12.8 Å². The van der Waals surface area contributed by atoms with E-state index in [-0.39, 0.29) is 11.7 Å². The molecule has 0 aromatic heterocycles. The molecule has 5 nitrogen and oxygen atoms in total. The summed E-state index contributed by atoms with van der Waals surface area (Å²) in [6, 6.07) is 5.54. The summed E-state index contributed by atoms with van der Waals surface area (Å²) in [5, 5.41) is 10.5. The van der Waals surface area contributed by atoms with Crippen LogP contribution in [0.25, 0.3) is 0 Å². The van der Waals surface area contributed by atoms with Crippen LogP contribution in [0.3, 0.4) is 0 Å². The van der Waals surface area contributed by atoms with Crippen molar-refractivity contribution in [3.8, 4) is 5.75 Å². The highest BCUT2D eigenvalue weighted by Gasteiger charge is 2.12. The van der Waals surface area contributed by atoms with Gasteiger partial charge in [0, 0.05) is 18.6 Å². The van der Waals surface area contributed by atoms with E-state index in [0.29, 0.717) is 18.1 Å². The quantitative estimate of drug-likeness (QED) is 0.236. The summed E-state index contributed by atoms with van der Waals surface area (Å²) >= 11 is 0. The second-order valence-electron chi connectivity index (χ2n) is 5.03. The smallest absolute Gasteiger partial charge is 0.311 e. The predicted octanol–water partition coefficient (Wildman–Crippen LogP) is 4.11. The van der Waals surface area contributed by atoms with Gasteiger partial charge in [-0.3, -0.25) is 14.9 Å². The molecule has 0 spiro atoms. The lowest BCUT2D eigenvalue weighted by Gasteiger charge is -2.10. The normalized spacial score (nSPS) is 11.9. The molecule has 0 amide bonds. The van der Waals surface area contributed by atoms with Gasteiger partial charge in [0.25, 0.3) is 5.69 Å². The molecule has 0 saturated heterocycles. The minimum Gasteiger partial charge on any atom is -0.427 e. The number of unbranched alkanes of at least 4 members (excludes halogenated alkanes) is 2. The average Bonchev–Trinajstić information content (AvgIpc) is 2.39. The molecule has 1 atom stereocenters. The first-order chi connectivity index (χ1) is 9.52. The molecule has 0 fully saturated rings. The number of esters is 1. The SMILES string of the molecule is CCCCC[C@H](C)CC(=O)Oc1ccc([N+](=O)[O-])cc1. The van der Waals surface area contributed by atoms with Gasteiger partial charge < -0.3 is 4.74 Å². The molecule has 0 heterocycles. The maximum atomic E-state index is 11.7. The Morgan fingerprint density at radius 1 is 1.30 bits per heavy atom. The highest BCUT2D eigenvalue weighted by atomic mass is 16.6. The van der Waals surface area contributed by atoms with Crippen molar-refractivity contribution in [3.05, 3.63) is 34.4 Å². The van der Waals surface area contributed by atoms with Gasteiger partial charge in [-0.2, -0.15) is 0 Å². The summed E-state index contributed by atoms with van der Waals surface area (Å²) in [6.07, 6.45) is 4.87. The van der Waals surface area contributed by atoms with Crippen LogP contribution < -0.4 is 4.74 Å². The Balaban J connectivity index is 2.39. The second-order valence-corrected chi connectivity index (χ2v) is 5.03.